The number of carbonyl (C=O) groups is 1. The van der Waals surface area contributed by atoms with Crippen molar-refractivity contribution in [2.24, 2.45) is 0 Å². The van der Waals surface area contributed by atoms with Crippen molar-refractivity contribution in [3.63, 3.8) is 0 Å². The van der Waals surface area contributed by atoms with E-state index in [1.165, 1.54) is 6.92 Å². The van der Waals surface area contributed by atoms with Crippen LogP contribution in [-0.4, -0.2) is 31.9 Å². The first-order valence-electron chi connectivity index (χ1n) is 4.33. The van der Waals surface area contributed by atoms with Crippen molar-refractivity contribution in [2.75, 3.05) is 19.9 Å². The van der Waals surface area contributed by atoms with Gasteiger partial charge in [0.1, 0.15) is 0 Å². The van der Waals surface area contributed by atoms with Gasteiger partial charge < -0.3 is 9.84 Å². The number of carbonyl (C=O) groups excluding carboxylic acids is 1. The summed E-state index contributed by atoms with van der Waals surface area (Å²) in [4.78, 5) is 10.6. The number of hydrogen-bond donors (Lipinski definition) is 1. The molecule has 0 radical (unpaired) electrons. The average molecular weight is 207 g/mol. The van der Waals surface area contributed by atoms with Crippen LogP contribution in [-0.2, 0) is 13.9 Å². The van der Waals surface area contributed by atoms with Crippen LogP contribution in [0, 0.1) is 0 Å². The molecule has 0 aromatic rings. The number of rotatable bonds is 5. The molecule has 0 aliphatic carbocycles. The third-order valence-electron chi connectivity index (χ3n) is 1.44. The molecule has 0 bridgehead atoms. The molecule has 5 heteroatoms. The second-order valence-electron chi connectivity index (χ2n) is 3.32. The highest BCUT2D eigenvalue weighted by molar-refractivity contribution is 7.57. The van der Waals surface area contributed by atoms with E-state index >= 15 is 0 Å². The maximum Gasteiger partial charge on any atom is 0.216 e. The van der Waals surface area contributed by atoms with Gasteiger partial charge in [0.25, 0.3) is 0 Å². The summed E-state index contributed by atoms with van der Waals surface area (Å²) >= 11 is 0. The Hall–Kier alpha value is -0.340. The van der Waals surface area contributed by atoms with Gasteiger partial charge in [-0.15, -0.1) is 0 Å². The minimum absolute atomic E-state index is 0.0934. The van der Waals surface area contributed by atoms with Crippen molar-refractivity contribution < 1.29 is 13.9 Å². The van der Waals surface area contributed by atoms with Gasteiger partial charge in [-0.3, -0.25) is 9.36 Å². The molecular weight excluding hydrogens is 189 g/mol. The Bertz CT molecular complexity index is 211. The predicted molar refractivity (Wildman–Crippen MR) is 53.3 cm³/mol. The van der Waals surface area contributed by atoms with Crippen LogP contribution in [0.5, 0.6) is 0 Å². The molecular formula is C8H18NO3P. The Morgan fingerprint density at radius 3 is 2.38 bits per heavy atom. The molecule has 0 aliphatic rings. The Kier molecular flexibility index (Phi) is 5.26. The summed E-state index contributed by atoms with van der Waals surface area (Å²) in [5.41, 5.74) is 0. The molecule has 0 aromatic carbocycles. The minimum atomic E-state index is -2.45. The van der Waals surface area contributed by atoms with Crippen molar-refractivity contribution in [1.29, 1.82) is 0 Å². The molecule has 13 heavy (non-hydrogen) atoms. The molecule has 0 saturated heterocycles. The van der Waals surface area contributed by atoms with Crippen LogP contribution in [0.25, 0.3) is 0 Å². The molecule has 1 amide bonds. The Balaban J connectivity index is 3.90. The Morgan fingerprint density at radius 2 is 2.08 bits per heavy atom. The number of hydrogen-bond acceptors (Lipinski definition) is 3. The van der Waals surface area contributed by atoms with Gasteiger partial charge in [0.15, 0.2) is 7.37 Å². The maximum atomic E-state index is 11.3. The van der Waals surface area contributed by atoms with Gasteiger partial charge in [-0.1, -0.05) is 6.92 Å². The first kappa shape index (κ1) is 12.7. The predicted octanol–water partition coefficient (Wildman–Crippen LogP) is 1.46. The fourth-order valence-corrected chi connectivity index (χ4v) is 1.81. The van der Waals surface area contributed by atoms with E-state index in [1.54, 1.807) is 13.3 Å². The van der Waals surface area contributed by atoms with Gasteiger partial charge in [0.05, 0.1) is 6.10 Å². The fourth-order valence-electron chi connectivity index (χ4n) is 0.873. The zero-order chi connectivity index (χ0) is 10.5. The Morgan fingerprint density at radius 1 is 1.54 bits per heavy atom. The van der Waals surface area contributed by atoms with Crippen molar-refractivity contribution in [1.82, 2.24) is 5.32 Å². The molecule has 0 rings (SSSR count). The normalized spacial score (nSPS) is 13.8. The zero-order valence-corrected chi connectivity index (χ0v) is 9.56. The summed E-state index contributed by atoms with van der Waals surface area (Å²) in [7, 11) is -2.45. The molecule has 1 N–H and O–H groups in total. The van der Waals surface area contributed by atoms with Crippen molar-refractivity contribution >= 4 is 13.3 Å². The first-order chi connectivity index (χ1) is 5.85. The highest BCUT2D eigenvalue weighted by atomic mass is 31.2. The van der Waals surface area contributed by atoms with E-state index in [2.05, 4.69) is 5.32 Å². The highest BCUT2D eigenvalue weighted by Gasteiger charge is 2.15. The molecule has 0 heterocycles. The number of amides is 1. The molecule has 0 spiro atoms. The summed E-state index contributed by atoms with van der Waals surface area (Å²) in [6.45, 7) is 6.96. The van der Waals surface area contributed by atoms with E-state index in [9.17, 15) is 9.36 Å². The van der Waals surface area contributed by atoms with Crippen LogP contribution in [0.2, 0.25) is 0 Å². The molecule has 78 valence electrons. The van der Waals surface area contributed by atoms with Gasteiger partial charge in [-0.2, -0.15) is 0 Å². The van der Waals surface area contributed by atoms with Crippen LogP contribution < -0.4 is 5.32 Å². The molecule has 1 atom stereocenters. The monoisotopic (exact) mass is 207 g/mol. The van der Waals surface area contributed by atoms with Crippen LogP contribution >= 0.6 is 7.37 Å². The lowest BCUT2D eigenvalue weighted by molar-refractivity contribution is -0.119. The summed E-state index contributed by atoms with van der Waals surface area (Å²) in [5.74, 6) is -0.0934. The second kappa shape index (κ2) is 5.40. The first-order valence-corrected chi connectivity index (χ1v) is 6.85. The smallest absolute Gasteiger partial charge is 0.216 e. The Labute approximate surface area is 79.5 Å². The van der Waals surface area contributed by atoms with E-state index < -0.39 is 7.37 Å². The van der Waals surface area contributed by atoms with E-state index in [0.29, 0.717) is 6.54 Å². The second-order valence-corrected chi connectivity index (χ2v) is 6.04. The lowest BCUT2D eigenvalue weighted by Crippen LogP contribution is -2.31. The van der Waals surface area contributed by atoms with Crippen molar-refractivity contribution in [3.05, 3.63) is 0 Å². The van der Waals surface area contributed by atoms with Gasteiger partial charge in [0.2, 0.25) is 5.91 Å². The van der Waals surface area contributed by atoms with Crippen LogP contribution in [0.3, 0.4) is 0 Å². The average Bonchev–Trinajstić information content (AvgIpc) is 1.95. The molecule has 1 unspecified atom stereocenters. The SMILES string of the molecule is CCC(CNC(C)=O)OP(C)(C)=O. The third-order valence-corrected chi connectivity index (χ3v) is 2.24. The highest BCUT2D eigenvalue weighted by Crippen LogP contribution is 2.39. The number of nitrogens with one attached hydrogen (secondary N) is 1. The van der Waals surface area contributed by atoms with Crippen LogP contribution in [0.15, 0.2) is 0 Å². The summed E-state index contributed by atoms with van der Waals surface area (Å²) < 4.78 is 16.6. The summed E-state index contributed by atoms with van der Waals surface area (Å²) in [6.07, 6.45) is 0.594. The van der Waals surface area contributed by atoms with E-state index in [-0.39, 0.29) is 12.0 Å². The molecule has 0 saturated carbocycles. The van der Waals surface area contributed by atoms with E-state index in [4.69, 9.17) is 4.52 Å². The summed E-state index contributed by atoms with van der Waals surface area (Å²) in [6, 6.07) is 0. The van der Waals surface area contributed by atoms with E-state index in [0.717, 1.165) is 6.42 Å². The van der Waals surface area contributed by atoms with Gasteiger partial charge in [-0.05, 0) is 6.42 Å². The van der Waals surface area contributed by atoms with E-state index in [1.807, 2.05) is 6.92 Å². The largest absolute Gasteiger partial charge is 0.354 e. The molecule has 0 aliphatic heterocycles. The topological polar surface area (TPSA) is 55.4 Å². The van der Waals surface area contributed by atoms with Crippen molar-refractivity contribution in [3.8, 4) is 0 Å². The van der Waals surface area contributed by atoms with Gasteiger partial charge in [0, 0.05) is 26.8 Å². The lowest BCUT2D eigenvalue weighted by atomic mass is 10.3. The molecule has 4 nitrogen and oxygen atoms in total. The maximum absolute atomic E-state index is 11.3. The van der Waals surface area contributed by atoms with Gasteiger partial charge in [-0.25, -0.2) is 0 Å². The molecule has 0 fully saturated rings. The summed E-state index contributed by atoms with van der Waals surface area (Å²) in [5, 5.41) is 2.63. The van der Waals surface area contributed by atoms with Crippen LogP contribution in [0.1, 0.15) is 20.3 Å². The van der Waals surface area contributed by atoms with Crippen LogP contribution in [0.4, 0.5) is 0 Å². The standard InChI is InChI=1S/C8H18NO3P/c1-5-8(6-9-7(2)10)12-13(3,4)11/h8H,5-6H2,1-4H3,(H,9,10). The lowest BCUT2D eigenvalue weighted by Gasteiger charge is -2.18. The minimum Gasteiger partial charge on any atom is -0.354 e. The fraction of sp³-hybridized carbons (Fsp3) is 0.875. The zero-order valence-electron chi connectivity index (χ0n) is 8.66. The third kappa shape index (κ3) is 8.00. The van der Waals surface area contributed by atoms with Crippen molar-refractivity contribution in [2.45, 2.75) is 26.4 Å². The molecule has 0 aromatic heterocycles. The quantitative estimate of drug-likeness (QED) is 0.694. The van der Waals surface area contributed by atoms with Gasteiger partial charge >= 0.3 is 0 Å².